The fourth-order valence-corrected chi connectivity index (χ4v) is 3.09. The Morgan fingerprint density at radius 1 is 1.10 bits per heavy atom. The van der Waals surface area contributed by atoms with Crippen LogP contribution < -0.4 is 21.1 Å². The van der Waals surface area contributed by atoms with Crippen molar-refractivity contribution in [3.8, 4) is 0 Å². The van der Waals surface area contributed by atoms with Crippen molar-refractivity contribution in [1.29, 1.82) is 0 Å². The predicted molar refractivity (Wildman–Crippen MR) is 107 cm³/mol. The van der Waals surface area contributed by atoms with E-state index in [0.717, 1.165) is 23.8 Å². The first-order valence-electron chi connectivity index (χ1n) is 8.79. The van der Waals surface area contributed by atoms with Crippen LogP contribution in [0.1, 0.15) is 19.4 Å². The zero-order valence-electron chi connectivity index (χ0n) is 16.0. The number of carbonyl (C=O) groups is 2. The summed E-state index contributed by atoms with van der Waals surface area (Å²) < 4.78 is 36.6. The second-order valence-corrected chi connectivity index (χ2v) is 8.31. The van der Waals surface area contributed by atoms with E-state index in [1.807, 2.05) is 30.3 Å². The first kappa shape index (κ1) is 22.3. The quantitative estimate of drug-likeness (QED) is 0.543. The standard InChI is InChI=1S/C19H23FN4O4S/c1-12(2)17(24-19(26)22-11-13-6-4-3-5-7-13)18(25)23-15-8-14(20)9-16(10-15)29(21,27)28/h3-10,12,17H,11H2,1-2H3,(H,23,25)(H2,21,27,28)(H2,22,24,26). The minimum Gasteiger partial charge on any atom is -0.334 e. The summed E-state index contributed by atoms with van der Waals surface area (Å²) in [6, 6.07) is 10.5. The number of benzene rings is 2. The third kappa shape index (κ3) is 6.84. The van der Waals surface area contributed by atoms with E-state index in [4.69, 9.17) is 5.14 Å². The summed E-state index contributed by atoms with van der Waals surface area (Å²) in [5.41, 5.74) is 0.805. The number of sulfonamides is 1. The monoisotopic (exact) mass is 422 g/mol. The lowest BCUT2D eigenvalue weighted by Gasteiger charge is -2.22. The van der Waals surface area contributed by atoms with Gasteiger partial charge in [-0.25, -0.2) is 22.7 Å². The first-order valence-corrected chi connectivity index (χ1v) is 10.3. The Bertz CT molecular complexity index is 981. The van der Waals surface area contributed by atoms with Crippen LogP contribution in [0.3, 0.4) is 0 Å². The summed E-state index contributed by atoms with van der Waals surface area (Å²) in [4.78, 5) is 24.3. The molecule has 0 saturated carbocycles. The minimum atomic E-state index is -4.14. The highest BCUT2D eigenvalue weighted by atomic mass is 32.2. The molecule has 0 spiro atoms. The average molecular weight is 422 g/mol. The van der Waals surface area contributed by atoms with E-state index in [9.17, 15) is 22.4 Å². The Hall–Kier alpha value is -2.98. The number of primary sulfonamides is 1. The summed E-state index contributed by atoms with van der Waals surface area (Å²) in [6.45, 7) is 3.73. The smallest absolute Gasteiger partial charge is 0.315 e. The molecule has 0 saturated heterocycles. The molecule has 156 valence electrons. The Morgan fingerprint density at radius 2 is 1.76 bits per heavy atom. The third-order valence-electron chi connectivity index (χ3n) is 4.00. The van der Waals surface area contributed by atoms with Gasteiger partial charge in [-0.3, -0.25) is 4.79 Å². The Labute approximate surface area is 168 Å². The zero-order chi connectivity index (χ0) is 21.6. The zero-order valence-corrected chi connectivity index (χ0v) is 16.8. The molecule has 2 rings (SSSR count). The number of nitrogens with two attached hydrogens (primary N) is 1. The maximum Gasteiger partial charge on any atom is 0.315 e. The van der Waals surface area contributed by atoms with Crippen LogP contribution in [0.4, 0.5) is 14.9 Å². The van der Waals surface area contributed by atoms with Crippen LogP contribution in [0.15, 0.2) is 53.4 Å². The maximum absolute atomic E-state index is 13.7. The molecule has 0 aliphatic carbocycles. The molecule has 1 unspecified atom stereocenters. The lowest BCUT2D eigenvalue weighted by atomic mass is 10.0. The third-order valence-corrected chi connectivity index (χ3v) is 4.89. The average Bonchev–Trinajstić information content (AvgIpc) is 2.63. The van der Waals surface area contributed by atoms with E-state index in [0.29, 0.717) is 0 Å². The van der Waals surface area contributed by atoms with Gasteiger partial charge in [-0.1, -0.05) is 44.2 Å². The fourth-order valence-electron chi connectivity index (χ4n) is 2.52. The normalized spacial score (nSPS) is 12.3. The number of nitrogens with one attached hydrogen (secondary N) is 3. The number of halogens is 1. The lowest BCUT2D eigenvalue weighted by Crippen LogP contribution is -2.50. The molecular formula is C19H23FN4O4S. The number of hydrogen-bond donors (Lipinski definition) is 4. The van der Waals surface area contributed by atoms with Crippen LogP contribution in [0, 0.1) is 11.7 Å². The highest BCUT2D eigenvalue weighted by molar-refractivity contribution is 7.89. The second-order valence-electron chi connectivity index (χ2n) is 6.74. The van der Waals surface area contributed by atoms with Gasteiger partial charge in [0.25, 0.3) is 0 Å². The van der Waals surface area contributed by atoms with Crippen molar-refractivity contribution in [1.82, 2.24) is 10.6 Å². The molecule has 0 aromatic heterocycles. The molecule has 29 heavy (non-hydrogen) atoms. The van der Waals surface area contributed by atoms with Crippen molar-refractivity contribution < 1.29 is 22.4 Å². The van der Waals surface area contributed by atoms with Crippen molar-refractivity contribution >= 4 is 27.6 Å². The van der Waals surface area contributed by atoms with Crippen molar-refractivity contribution in [2.45, 2.75) is 31.3 Å². The van der Waals surface area contributed by atoms with Crippen molar-refractivity contribution in [3.63, 3.8) is 0 Å². The van der Waals surface area contributed by atoms with E-state index in [2.05, 4.69) is 16.0 Å². The van der Waals surface area contributed by atoms with Crippen molar-refractivity contribution in [2.75, 3.05) is 5.32 Å². The molecule has 0 fully saturated rings. The summed E-state index contributed by atoms with van der Waals surface area (Å²) in [6.07, 6.45) is 0. The van der Waals surface area contributed by atoms with Crippen molar-refractivity contribution in [2.24, 2.45) is 11.1 Å². The Kier molecular flexibility index (Phi) is 7.29. The SMILES string of the molecule is CC(C)C(NC(=O)NCc1ccccc1)C(=O)Nc1cc(F)cc(S(N)(=O)=O)c1. The number of carbonyl (C=O) groups excluding carboxylic acids is 2. The molecule has 0 bridgehead atoms. The molecule has 0 aliphatic rings. The minimum absolute atomic E-state index is 0.0869. The van der Waals surface area contributed by atoms with E-state index < -0.39 is 38.7 Å². The van der Waals surface area contributed by atoms with Crippen molar-refractivity contribution in [3.05, 3.63) is 59.9 Å². The Balaban J connectivity index is 2.06. The summed E-state index contributed by atoms with van der Waals surface area (Å²) >= 11 is 0. The fraction of sp³-hybridized carbons (Fsp3) is 0.263. The van der Waals surface area contributed by atoms with Gasteiger partial charge in [0.1, 0.15) is 11.9 Å². The topological polar surface area (TPSA) is 130 Å². The van der Waals surface area contributed by atoms with Gasteiger partial charge in [0, 0.05) is 12.2 Å². The maximum atomic E-state index is 13.7. The number of amides is 3. The molecule has 3 amide bonds. The van der Waals surface area contributed by atoms with E-state index in [1.54, 1.807) is 13.8 Å². The van der Waals surface area contributed by atoms with E-state index in [1.165, 1.54) is 0 Å². The lowest BCUT2D eigenvalue weighted by molar-refractivity contribution is -0.118. The summed E-state index contributed by atoms with van der Waals surface area (Å²) in [7, 11) is -4.14. The molecule has 2 aromatic rings. The highest BCUT2D eigenvalue weighted by Gasteiger charge is 2.25. The van der Waals surface area contributed by atoms with Gasteiger partial charge in [0.15, 0.2) is 0 Å². The van der Waals surface area contributed by atoms with Gasteiger partial charge in [0.2, 0.25) is 15.9 Å². The molecule has 0 aliphatic heterocycles. The molecule has 5 N–H and O–H groups in total. The number of hydrogen-bond acceptors (Lipinski definition) is 4. The molecule has 8 nitrogen and oxygen atoms in total. The molecule has 1 atom stereocenters. The van der Waals surface area contributed by atoms with Gasteiger partial charge < -0.3 is 16.0 Å². The van der Waals surface area contributed by atoms with E-state index in [-0.39, 0.29) is 18.2 Å². The molecule has 10 heteroatoms. The highest BCUT2D eigenvalue weighted by Crippen LogP contribution is 2.18. The van der Waals surface area contributed by atoms with Gasteiger partial charge in [-0.05, 0) is 29.7 Å². The summed E-state index contributed by atoms with van der Waals surface area (Å²) in [5.74, 6) is -1.79. The largest absolute Gasteiger partial charge is 0.334 e. The van der Waals surface area contributed by atoms with Crippen LogP contribution in [0.2, 0.25) is 0 Å². The van der Waals surface area contributed by atoms with Crippen LogP contribution >= 0.6 is 0 Å². The Morgan fingerprint density at radius 3 is 2.34 bits per heavy atom. The molecule has 2 aromatic carbocycles. The number of rotatable bonds is 7. The van der Waals surface area contributed by atoms with Crippen LogP contribution in [-0.2, 0) is 21.4 Å². The molecular weight excluding hydrogens is 399 g/mol. The molecule has 0 radical (unpaired) electrons. The number of anilines is 1. The molecule has 0 heterocycles. The van der Waals surface area contributed by atoms with Crippen LogP contribution in [0.25, 0.3) is 0 Å². The van der Waals surface area contributed by atoms with Gasteiger partial charge in [0.05, 0.1) is 4.90 Å². The predicted octanol–water partition coefficient (Wildman–Crippen LogP) is 1.94. The first-order chi connectivity index (χ1) is 13.6. The van der Waals surface area contributed by atoms with Gasteiger partial charge in [-0.2, -0.15) is 0 Å². The van der Waals surface area contributed by atoms with E-state index >= 15 is 0 Å². The number of urea groups is 1. The second kappa shape index (κ2) is 9.48. The summed E-state index contributed by atoms with van der Waals surface area (Å²) in [5, 5.41) is 12.6. The van der Waals surface area contributed by atoms with Gasteiger partial charge in [-0.15, -0.1) is 0 Å². The van der Waals surface area contributed by atoms with Crippen LogP contribution in [0.5, 0.6) is 0 Å². The van der Waals surface area contributed by atoms with Crippen LogP contribution in [-0.4, -0.2) is 26.4 Å². The van der Waals surface area contributed by atoms with Gasteiger partial charge >= 0.3 is 6.03 Å².